The Morgan fingerprint density at radius 2 is 1.58 bits per heavy atom. The maximum Gasteiger partial charge on any atom is 0.132 e. The Hall–Kier alpha value is -1.35. The highest BCUT2D eigenvalue weighted by molar-refractivity contribution is 5.60. The van der Waals surface area contributed by atoms with Crippen LogP contribution >= 0.6 is 0 Å². The van der Waals surface area contributed by atoms with Crippen molar-refractivity contribution < 1.29 is 9.90 Å². The minimum absolute atomic E-state index is 0.972. The second kappa shape index (κ2) is 9.56. The van der Waals surface area contributed by atoms with E-state index in [2.05, 4.69) is 51.1 Å². The van der Waals surface area contributed by atoms with Gasteiger partial charge in [-0.05, 0) is 39.3 Å². The third-order valence-corrected chi connectivity index (χ3v) is 3.45. The minimum atomic E-state index is -1.08. The van der Waals surface area contributed by atoms with Gasteiger partial charge in [-0.1, -0.05) is 31.5 Å². The van der Waals surface area contributed by atoms with Crippen LogP contribution in [0.4, 0.5) is 5.69 Å². The number of para-hydroxylation sites is 1. The van der Waals surface area contributed by atoms with Crippen LogP contribution in [0.25, 0.3) is 0 Å². The monoisotopic (exact) mass is 265 g/mol. The Labute approximate surface area is 117 Å². The van der Waals surface area contributed by atoms with Crippen molar-refractivity contribution in [1.29, 1.82) is 0 Å². The predicted octanol–water partition coefficient (Wildman–Crippen LogP) is 2.59. The number of carbonyl (C=O) groups is 1. The summed E-state index contributed by atoms with van der Waals surface area (Å²) in [6.07, 6.45) is 2.60. The molecule has 0 aliphatic heterocycles. The Kier molecular flexibility index (Phi) is 8.88. The predicted molar refractivity (Wildman–Crippen MR) is 79.8 cm³/mol. The second-order valence-electron chi connectivity index (χ2n) is 4.68. The van der Waals surface area contributed by atoms with Crippen LogP contribution in [0.3, 0.4) is 0 Å². The summed E-state index contributed by atoms with van der Waals surface area (Å²) in [6, 6.07) is 10.9. The molecule has 3 nitrogen and oxygen atoms in total. The lowest BCUT2D eigenvalue weighted by Gasteiger charge is -2.36. The molecule has 19 heavy (non-hydrogen) atoms. The number of nitrogens with zero attached hydrogens (tertiary/aromatic N) is 1. The second-order valence-corrected chi connectivity index (χ2v) is 4.68. The summed E-state index contributed by atoms with van der Waals surface area (Å²) in [5.74, 6) is -1.08. The number of aliphatic carboxylic acids is 1. The van der Waals surface area contributed by atoms with Crippen molar-refractivity contribution in [3.05, 3.63) is 30.3 Å². The molecule has 1 aromatic rings. The van der Waals surface area contributed by atoms with E-state index in [4.69, 9.17) is 9.90 Å². The van der Waals surface area contributed by atoms with Crippen LogP contribution in [0.2, 0.25) is 0 Å². The fourth-order valence-corrected chi connectivity index (χ4v) is 2.24. The summed E-state index contributed by atoms with van der Waals surface area (Å²) < 4.78 is 1.13. The number of carbonyl (C=O) groups excluding carboxylic acids is 1. The summed E-state index contributed by atoms with van der Waals surface area (Å²) in [5.41, 5.74) is 1.47. The molecule has 0 fully saturated rings. The van der Waals surface area contributed by atoms with Crippen LogP contribution in [0.5, 0.6) is 0 Å². The van der Waals surface area contributed by atoms with Gasteiger partial charge in [0.05, 0.1) is 19.6 Å². The lowest BCUT2D eigenvalue weighted by Crippen LogP contribution is -2.49. The van der Waals surface area contributed by atoms with Gasteiger partial charge in [-0.25, -0.2) is 0 Å². The number of benzene rings is 1. The molecule has 0 aliphatic carbocycles. The first-order valence-electron chi connectivity index (χ1n) is 7.11. The molecule has 0 saturated heterocycles. The Morgan fingerprint density at radius 1 is 1.11 bits per heavy atom. The van der Waals surface area contributed by atoms with E-state index in [-0.39, 0.29) is 0 Å². The summed E-state index contributed by atoms with van der Waals surface area (Å²) in [7, 11) is 0. The highest BCUT2D eigenvalue weighted by Crippen LogP contribution is 2.23. The molecule has 0 bridgehead atoms. The van der Waals surface area contributed by atoms with Gasteiger partial charge in [0, 0.05) is 5.97 Å². The summed E-state index contributed by atoms with van der Waals surface area (Å²) in [4.78, 5) is 8.89. The van der Waals surface area contributed by atoms with Crippen molar-refractivity contribution in [2.24, 2.45) is 0 Å². The average Bonchev–Trinajstić information content (AvgIpc) is 2.41. The van der Waals surface area contributed by atoms with Crippen LogP contribution in [0.15, 0.2) is 30.3 Å². The lowest BCUT2D eigenvalue weighted by molar-refractivity contribution is -0.302. The van der Waals surface area contributed by atoms with Gasteiger partial charge in [0.1, 0.15) is 5.69 Å². The van der Waals surface area contributed by atoms with Crippen molar-refractivity contribution in [2.75, 3.05) is 19.6 Å². The highest BCUT2D eigenvalue weighted by atomic mass is 16.4. The van der Waals surface area contributed by atoms with Crippen LogP contribution in [-0.4, -0.2) is 25.6 Å². The largest absolute Gasteiger partial charge is 0.550 e. The van der Waals surface area contributed by atoms with Gasteiger partial charge in [0.25, 0.3) is 0 Å². The first-order valence-corrected chi connectivity index (χ1v) is 7.11. The highest BCUT2D eigenvalue weighted by Gasteiger charge is 2.24. The molecule has 0 aliphatic rings. The van der Waals surface area contributed by atoms with Crippen molar-refractivity contribution in [3.63, 3.8) is 0 Å². The fourth-order valence-electron chi connectivity index (χ4n) is 2.24. The zero-order valence-corrected chi connectivity index (χ0v) is 12.7. The zero-order chi connectivity index (χ0) is 14.7. The first-order chi connectivity index (χ1) is 9.02. The molecule has 1 rings (SSSR count). The van der Waals surface area contributed by atoms with Gasteiger partial charge < -0.3 is 9.90 Å². The molecule has 0 heterocycles. The minimum Gasteiger partial charge on any atom is -0.550 e. The fraction of sp³-hybridized carbons (Fsp3) is 0.562. The Morgan fingerprint density at radius 3 is 1.95 bits per heavy atom. The molecule has 0 saturated carbocycles. The molecule has 3 heteroatoms. The molecule has 0 spiro atoms. The molecular formula is C16H27NO2. The van der Waals surface area contributed by atoms with E-state index < -0.39 is 5.97 Å². The zero-order valence-electron chi connectivity index (χ0n) is 12.7. The number of hydrogen-bond acceptors (Lipinski definition) is 2. The maximum absolute atomic E-state index is 8.89. The van der Waals surface area contributed by atoms with Crippen molar-refractivity contribution in [3.8, 4) is 0 Å². The quantitative estimate of drug-likeness (QED) is 0.742. The van der Waals surface area contributed by atoms with Gasteiger partial charge in [-0.3, -0.25) is 4.48 Å². The van der Waals surface area contributed by atoms with Gasteiger partial charge in [-0.2, -0.15) is 0 Å². The number of carboxylic acid groups (broad SMARTS) is 1. The number of quaternary nitrogens is 1. The normalized spacial score (nSPS) is 10.5. The van der Waals surface area contributed by atoms with E-state index in [0.29, 0.717) is 0 Å². The van der Waals surface area contributed by atoms with E-state index in [1.807, 2.05) is 0 Å². The molecular weight excluding hydrogens is 238 g/mol. The average molecular weight is 265 g/mol. The summed E-state index contributed by atoms with van der Waals surface area (Å²) in [5, 5.41) is 8.89. The number of hydrogen-bond donors (Lipinski definition) is 0. The van der Waals surface area contributed by atoms with E-state index in [1.165, 1.54) is 38.2 Å². The maximum atomic E-state index is 8.89. The topological polar surface area (TPSA) is 40.1 Å². The first kappa shape index (κ1) is 17.6. The van der Waals surface area contributed by atoms with Crippen LogP contribution < -0.4 is 9.59 Å². The molecule has 0 amide bonds. The molecule has 0 unspecified atom stereocenters. The summed E-state index contributed by atoms with van der Waals surface area (Å²) >= 11 is 0. The Bertz CT molecular complexity index is 341. The standard InChI is InChI=1S/C14H24N.C2H4O2/c1-4-7-13-15(5-2,6-3)14-11-9-8-10-12-14;1-2(3)4/h8-12H,4-7,13H2,1-3H3;1H3,(H,3,4)/q+1;/p-1. The molecule has 0 aromatic heterocycles. The summed E-state index contributed by atoms with van der Waals surface area (Å²) in [6.45, 7) is 11.5. The number of unbranched alkanes of at least 4 members (excludes halogenated alkanes) is 1. The smallest absolute Gasteiger partial charge is 0.132 e. The van der Waals surface area contributed by atoms with Crippen molar-refractivity contribution in [2.45, 2.75) is 40.5 Å². The lowest BCUT2D eigenvalue weighted by atomic mass is 10.2. The van der Waals surface area contributed by atoms with Gasteiger partial charge in [0.2, 0.25) is 0 Å². The van der Waals surface area contributed by atoms with Crippen LogP contribution in [-0.2, 0) is 4.79 Å². The van der Waals surface area contributed by atoms with E-state index >= 15 is 0 Å². The third kappa shape index (κ3) is 6.39. The van der Waals surface area contributed by atoms with Gasteiger partial charge in [-0.15, -0.1) is 0 Å². The number of rotatable bonds is 6. The number of carboxylic acids is 1. The van der Waals surface area contributed by atoms with Gasteiger partial charge >= 0.3 is 0 Å². The van der Waals surface area contributed by atoms with E-state index in [1.54, 1.807) is 0 Å². The molecule has 0 radical (unpaired) electrons. The molecule has 1 aromatic carbocycles. The van der Waals surface area contributed by atoms with E-state index in [9.17, 15) is 0 Å². The molecule has 0 N–H and O–H groups in total. The molecule has 108 valence electrons. The van der Waals surface area contributed by atoms with Crippen LogP contribution in [0.1, 0.15) is 40.5 Å². The SMILES string of the molecule is CC(=O)[O-].CCCC[N+](CC)(CC)c1ccccc1. The Balaban J connectivity index is 0.000000711. The van der Waals surface area contributed by atoms with E-state index in [0.717, 1.165) is 11.4 Å². The van der Waals surface area contributed by atoms with Gasteiger partial charge in [0.15, 0.2) is 0 Å². The van der Waals surface area contributed by atoms with Crippen LogP contribution in [0, 0.1) is 0 Å². The molecule has 0 atom stereocenters. The van der Waals surface area contributed by atoms with Crippen molar-refractivity contribution >= 4 is 11.7 Å². The van der Waals surface area contributed by atoms with Crippen molar-refractivity contribution in [1.82, 2.24) is 4.48 Å². The third-order valence-electron chi connectivity index (χ3n) is 3.45.